The fourth-order valence-electron chi connectivity index (χ4n) is 7.71. The van der Waals surface area contributed by atoms with Gasteiger partial charge in [-0.1, -0.05) is 264 Å². The van der Waals surface area contributed by atoms with E-state index in [0.717, 1.165) is 96.3 Å². The molecule has 366 valence electrons. The van der Waals surface area contributed by atoms with Gasteiger partial charge in [0.25, 0.3) is 0 Å². The molecule has 0 saturated heterocycles. The van der Waals surface area contributed by atoms with Crippen LogP contribution < -0.4 is 5.32 Å². The van der Waals surface area contributed by atoms with E-state index in [0.29, 0.717) is 12.8 Å². The van der Waals surface area contributed by atoms with Crippen LogP contribution in [0, 0.1) is 0 Å². The number of hydrogen-bond donors (Lipinski definition) is 3. The predicted molar refractivity (Wildman–Crippen MR) is 285 cm³/mol. The Morgan fingerprint density at radius 3 is 1.03 bits per heavy atom. The third kappa shape index (κ3) is 50.1. The molecule has 3 N–H and O–H groups in total. The summed E-state index contributed by atoms with van der Waals surface area (Å²) in [5.41, 5.74) is 0. The molecule has 0 fully saturated rings. The molecule has 0 aromatic rings. The Labute approximate surface area is 397 Å². The van der Waals surface area contributed by atoms with Gasteiger partial charge in [0.1, 0.15) is 0 Å². The number of aliphatic hydroxyl groups excluding tert-OH is 2. The molecule has 0 rings (SSSR count). The first kappa shape index (κ1) is 61.0. The lowest BCUT2D eigenvalue weighted by Gasteiger charge is -2.22. The number of carbonyl (C=O) groups excluding carboxylic acids is 1. The molecule has 4 nitrogen and oxygen atoms in total. The molecule has 2 unspecified atom stereocenters. The number of unbranched alkanes of at least 4 members (excludes halogenated alkanes) is 23. The number of allylic oxidation sites excluding steroid dienone is 18. The van der Waals surface area contributed by atoms with E-state index in [2.05, 4.69) is 129 Å². The van der Waals surface area contributed by atoms with Crippen LogP contribution in [0.1, 0.15) is 245 Å². The molecule has 2 atom stereocenters. The molecular formula is C60H103NO3. The summed E-state index contributed by atoms with van der Waals surface area (Å²) in [7, 11) is 0. The minimum Gasteiger partial charge on any atom is -0.394 e. The summed E-state index contributed by atoms with van der Waals surface area (Å²) < 4.78 is 0. The number of nitrogens with one attached hydrogen (secondary N) is 1. The van der Waals surface area contributed by atoms with Gasteiger partial charge in [-0.25, -0.2) is 0 Å². The van der Waals surface area contributed by atoms with Gasteiger partial charge in [-0.3, -0.25) is 4.79 Å². The van der Waals surface area contributed by atoms with Crippen molar-refractivity contribution in [1.82, 2.24) is 5.32 Å². The van der Waals surface area contributed by atoms with Gasteiger partial charge in [0.2, 0.25) is 5.91 Å². The van der Waals surface area contributed by atoms with Gasteiger partial charge in [0, 0.05) is 6.42 Å². The molecule has 0 bridgehead atoms. The van der Waals surface area contributed by atoms with Crippen molar-refractivity contribution >= 4 is 5.91 Å². The van der Waals surface area contributed by atoms with Crippen LogP contribution in [0.4, 0.5) is 0 Å². The maximum atomic E-state index is 12.5. The molecule has 4 heteroatoms. The van der Waals surface area contributed by atoms with Crippen molar-refractivity contribution < 1.29 is 15.0 Å². The predicted octanol–water partition coefficient (Wildman–Crippen LogP) is 17.9. The molecule has 0 aliphatic carbocycles. The Morgan fingerprint density at radius 2 is 0.688 bits per heavy atom. The smallest absolute Gasteiger partial charge is 0.220 e. The van der Waals surface area contributed by atoms with E-state index in [1.165, 1.54) is 122 Å². The fraction of sp³-hybridized carbons (Fsp3) is 0.683. The molecule has 0 aliphatic rings. The van der Waals surface area contributed by atoms with Crippen molar-refractivity contribution in [3.05, 3.63) is 109 Å². The number of amides is 1. The van der Waals surface area contributed by atoms with Crippen molar-refractivity contribution in [2.45, 2.75) is 257 Å². The first-order valence-electron chi connectivity index (χ1n) is 27.1. The lowest BCUT2D eigenvalue weighted by Crippen LogP contribution is -2.45. The normalized spacial score (nSPS) is 13.8. The zero-order chi connectivity index (χ0) is 46.3. The van der Waals surface area contributed by atoms with Crippen molar-refractivity contribution in [3.63, 3.8) is 0 Å². The van der Waals surface area contributed by atoms with Crippen LogP contribution in [0.15, 0.2) is 109 Å². The van der Waals surface area contributed by atoms with Gasteiger partial charge in [-0.05, 0) is 83.5 Å². The average Bonchev–Trinajstić information content (AvgIpc) is 3.30. The number of carbonyl (C=O) groups is 1. The molecule has 0 radical (unpaired) electrons. The van der Waals surface area contributed by atoms with E-state index >= 15 is 0 Å². The van der Waals surface area contributed by atoms with Gasteiger partial charge in [-0.2, -0.15) is 0 Å². The Balaban J connectivity index is 3.63. The second kappa shape index (κ2) is 54.4. The minimum atomic E-state index is -0.676. The van der Waals surface area contributed by atoms with Gasteiger partial charge < -0.3 is 15.5 Å². The monoisotopic (exact) mass is 886 g/mol. The highest BCUT2D eigenvalue weighted by Gasteiger charge is 2.20. The topological polar surface area (TPSA) is 69.6 Å². The number of hydrogen-bond acceptors (Lipinski definition) is 3. The fourth-order valence-corrected chi connectivity index (χ4v) is 7.71. The molecular weight excluding hydrogens is 783 g/mol. The summed E-state index contributed by atoms with van der Waals surface area (Å²) in [5, 5.41) is 23.3. The van der Waals surface area contributed by atoms with E-state index < -0.39 is 12.1 Å². The summed E-state index contributed by atoms with van der Waals surface area (Å²) in [5.74, 6) is -0.0531. The summed E-state index contributed by atoms with van der Waals surface area (Å²) in [6.07, 6.45) is 81.9. The van der Waals surface area contributed by atoms with Gasteiger partial charge in [0.05, 0.1) is 18.8 Å². The van der Waals surface area contributed by atoms with Crippen LogP contribution in [-0.4, -0.2) is 34.9 Å². The van der Waals surface area contributed by atoms with E-state index in [1.807, 2.05) is 0 Å². The maximum absolute atomic E-state index is 12.5. The molecule has 1 amide bonds. The van der Waals surface area contributed by atoms with E-state index in [-0.39, 0.29) is 12.5 Å². The van der Waals surface area contributed by atoms with Crippen LogP contribution >= 0.6 is 0 Å². The standard InChI is InChI=1S/C60H103NO3/c1-3-5-7-9-11-13-15-17-19-21-23-24-25-26-27-28-29-30-31-32-33-34-35-36-38-40-42-44-46-48-50-52-54-56-60(64)61-58(57-62)59(63)55-53-51-49-47-45-43-41-39-37-22-20-18-16-14-12-10-8-6-4-2/h5,7,11,13,17,19,23-24,26-27,29-30,32-33,35-36,40,42,58-59,62-63H,3-4,6,8-10,12,14-16,18,20-22,25,28,31,34,37-39,41,43-57H2,1-2H3,(H,61,64)/b7-5-,13-11-,19-17-,24-23-,27-26-,30-29-,33-32-,36-35-,42-40-. The molecule has 64 heavy (non-hydrogen) atoms. The molecule has 0 heterocycles. The Morgan fingerprint density at radius 1 is 0.391 bits per heavy atom. The largest absolute Gasteiger partial charge is 0.394 e. The Bertz CT molecular complexity index is 1230. The maximum Gasteiger partial charge on any atom is 0.220 e. The lowest BCUT2D eigenvalue weighted by atomic mass is 10.0. The molecule has 0 saturated carbocycles. The quantitative estimate of drug-likeness (QED) is 0.0421. The van der Waals surface area contributed by atoms with Crippen LogP contribution in [-0.2, 0) is 4.79 Å². The highest BCUT2D eigenvalue weighted by atomic mass is 16.3. The van der Waals surface area contributed by atoms with Crippen molar-refractivity contribution in [1.29, 1.82) is 0 Å². The van der Waals surface area contributed by atoms with Crippen LogP contribution in [0.3, 0.4) is 0 Å². The first-order chi connectivity index (χ1) is 31.7. The zero-order valence-electron chi connectivity index (χ0n) is 42.0. The van der Waals surface area contributed by atoms with Crippen LogP contribution in [0.2, 0.25) is 0 Å². The Kier molecular flexibility index (Phi) is 51.9. The van der Waals surface area contributed by atoms with Crippen molar-refractivity contribution in [3.8, 4) is 0 Å². The molecule has 0 spiro atoms. The highest BCUT2D eigenvalue weighted by molar-refractivity contribution is 5.76. The average molecular weight is 886 g/mol. The van der Waals surface area contributed by atoms with Gasteiger partial charge >= 0.3 is 0 Å². The molecule has 0 aromatic carbocycles. The van der Waals surface area contributed by atoms with Crippen LogP contribution in [0.25, 0.3) is 0 Å². The third-order valence-electron chi connectivity index (χ3n) is 11.8. The van der Waals surface area contributed by atoms with Crippen molar-refractivity contribution in [2.24, 2.45) is 0 Å². The highest BCUT2D eigenvalue weighted by Crippen LogP contribution is 2.16. The number of aliphatic hydroxyl groups is 2. The molecule has 0 aromatic heterocycles. The zero-order valence-corrected chi connectivity index (χ0v) is 42.0. The summed E-state index contributed by atoms with van der Waals surface area (Å²) in [6.45, 7) is 4.24. The second-order valence-electron chi connectivity index (χ2n) is 17.9. The van der Waals surface area contributed by atoms with Gasteiger partial charge in [-0.15, -0.1) is 0 Å². The van der Waals surface area contributed by atoms with E-state index in [9.17, 15) is 15.0 Å². The SMILES string of the molecule is CC/C=C\C/C=C\C/C=C\C/C=C\C/C=C\C/C=C\C/C=C\C/C=C\C/C=C\CCCCCCCC(=O)NC(CO)C(O)CCCCCCCCCCCCCCCCCCCCC. The van der Waals surface area contributed by atoms with E-state index in [1.54, 1.807) is 0 Å². The van der Waals surface area contributed by atoms with Crippen molar-refractivity contribution in [2.75, 3.05) is 6.61 Å². The Hall–Kier alpha value is -2.95. The third-order valence-corrected chi connectivity index (χ3v) is 11.8. The molecule has 0 aliphatic heterocycles. The second-order valence-corrected chi connectivity index (χ2v) is 17.9. The lowest BCUT2D eigenvalue weighted by molar-refractivity contribution is -0.123. The summed E-state index contributed by atoms with van der Waals surface area (Å²) in [4.78, 5) is 12.5. The van der Waals surface area contributed by atoms with Crippen LogP contribution in [0.5, 0.6) is 0 Å². The number of rotatable bonds is 48. The first-order valence-corrected chi connectivity index (χ1v) is 27.1. The summed E-state index contributed by atoms with van der Waals surface area (Å²) in [6, 6.07) is -0.555. The van der Waals surface area contributed by atoms with E-state index in [4.69, 9.17) is 0 Å². The summed E-state index contributed by atoms with van der Waals surface area (Å²) >= 11 is 0. The minimum absolute atomic E-state index is 0.0531. The van der Waals surface area contributed by atoms with Gasteiger partial charge in [0.15, 0.2) is 0 Å².